The topological polar surface area (TPSA) is 270 Å². The predicted octanol–water partition coefficient (Wildman–Crippen LogP) is 7.41. The summed E-state index contributed by atoms with van der Waals surface area (Å²) in [6.07, 6.45) is 13.8. The van der Waals surface area contributed by atoms with Crippen LogP contribution in [0.4, 0.5) is 11.4 Å². The highest BCUT2D eigenvalue weighted by Crippen LogP contribution is 2.32. The van der Waals surface area contributed by atoms with Gasteiger partial charge in [0.15, 0.2) is 0 Å². The lowest BCUT2D eigenvalue weighted by atomic mass is 10.1. The maximum Gasteiger partial charge on any atom is 0.243 e. The van der Waals surface area contributed by atoms with Crippen molar-refractivity contribution in [1.82, 2.24) is 31.2 Å². The summed E-state index contributed by atoms with van der Waals surface area (Å²) >= 11 is 0. The van der Waals surface area contributed by atoms with E-state index in [-0.39, 0.29) is 17.7 Å². The number of fused-ring (bicyclic) bond motifs is 4. The molecule has 0 saturated heterocycles. The maximum absolute atomic E-state index is 13.3. The van der Waals surface area contributed by atoms with Crippen molar-refractivity contribution in [1.29, 1.82) is 0 Å². The minimum Gasteiger partial charge on any atom is -0.384 e. The van der Waals surface area contributed by atoms with E-state index in [9.17, 15) is 19.2 Å². The molecular formula is C58H82N12O4. The number of nitrogens with one attached hydrogen (secondary N) is 6. The highest BCUT2D eigenvalue weighted by Gasteiger charge is 2.25. The zero-order chi connectivity index (χ0) is 52.3. The Kier molecular flexibility index (Phi) is 24.2. The van der Waals surface area contributed by atoms with Crippen LogP contribution in [0.2, 0.25) is 0 Å². The van der Waals surface area contributed by atoms with Gasteiger partial charge in [-0.3, -0.25) is 24.5 Å². The molecule has 2 heterocycles. The van der Waals surface area contributed by atoms with Crippen LogP contribution in [-0.2, 0) is 19.2 Å². The van der Waals surface area contributed by atoms with Crippen LogP contribution in [0.1, 0.15) is 116 Å². The molecule has 0 fully saturated rings. The number of benzene rings is 4. The standard InChI is InChI=1S/C58H82N12O4/c59-35-17-13-33-51(58(74)70-56(72)46(62)28-16-22-39-65-54-43-25-7-11-31-49(43)68-50-32-12-8-26-44(50)54)63-37-19-3-1-2-4-20-40-66-57(73)52(34-14-18-36-60)69-55(71)45(61)27-15-21-38-64-53-41-23-5-9-29-47(41)67-48-30-10-6-24-42(48)53/h5-12,23-26,29-32,45-46,51-52,63H,1-4,13-22,27-28,33-40,59-62H2,(H,64,67)(H,65,68)(H,66,73)(H,69,71)(H,70,72,74)/t45-,46-,51-,52-/m0/s1. The van der Waals surface area contributed by atoms with E-state index in [2.05, 4.69) is 56.2 Å². The molecule has 4 amide bonds. The zero-order valence-electron chi connectivity index (χ0n) is 43.4. The summed E-state index contributed by atoms with van der Waals surface area (Å²) in [7, 11) is 0. The Hall–Kier alpha value is -6.30. The number of anilines is 2. The average Bonchev–Trinajstić information content (AvgIpc) is 3.42. The van der Waals surface area contributed by atoms with Crippen molar-refractivity contribution in [2.45, 2.75) is 140 Å². The molecule has 4 aromatic carbocycles. The van der Waals surface area contributed by atoms with Gasteiger partial charge in [0, 0.05) is 41.2 Å². The second kappa shape index (κ2) is 31.4. The van der Waals surface area contributed by atoms with Gasteiger partial charge in [-0.1, -0.05) is 105 Å². The van der Waals surface area contributed by atoms with Crippen LogP contribution in [0.25, 0.3) is 43.6 Å². The molecule has 74 heavy (non-hydrogen) atoms. The Morgan fingerprint density at radius 1 is 0.405 bits per heavy atom. The predicted molar refractivity (Wildman–Crippen MR) is 303 cm³/mol. The number of aromatic nitrogens is 2. The molecular weight excluding hydrogens is 929 g/mol. The first-order chi connectivity index (χ1) is 36.2. The molecule has 0 aliphatic carbocycles. The van der Waals surface area contributed by atoms with Crippen molar-refractivity contribution in [2.75, 3.05) is 49.9 Å². The molecule has 0 unspecified atom stereocenters. The Morgan fingerprint density at radius 3 is 1.27 bits per heavy atom. The van der Waals surface area contributed by atoms with Crippen molar-refractivity contribution in [3.63, 3.8) is 0 Å². The first-order valence-corrected chi connectivity index (χ1v) is 27.3. The van der Waals surface area contributed by atoms with Gasteiger partial charge in [-0.2, -0.15) is 0 Å². The van der Waals surface area contributed by atoms with Gasteiger partial charge in [0.2, 0.25) is 23.6 Å². The van der Waals surface area contributed by atoms with Crippen molar-refractivity contribution in [3.8, 4) is 0 Å². The van der Waals surface area contributed by atoms with Gasteiger partial charge >= 0.3 is 0 Å². The molecule has 0 aliphatic heterocycles. The fraction of sp³-hybridized carbons (Fsp3) is 0.483. The van der Waals surface area contributed by atoms with E-state index in [4.69, 9.17) is 32.9 Å². The quantitative estimate of drug-likeness (QED) is 0.0137. The molecule has 0 bridgehead atoms. The number of unbranched alkanes of at least 4 members (excludes halogenated alkanes) is 9. The number of rotatable bonds is 35. The van der Waals surface area contributed by atoms with E-state index >= 15 is 0 Å². The average molecular weight is 1010 g/mol. The number of pyridine rings is 2. The van der Waals surface area contributed by atoms with Gasteiger partial charge in [0.1, 0.15) is 6.04 Å². The lowest BCUT2D eigenvalue weighted by Crippen LogP contribution is -2.51. The fourth-order valence-corrected chi connectivity index (χ4v) is 9.46. The van der Waals surface area contributed by atoms with Gasteiger partial charge in [-0.25, -0.2) is 9.97 Å². The molecule has 0 aliphatic rings. The van der Waals surface area contributed by atoms with Crippen LogP contribution < -0.4 is 54.8 Å². The van der Waals surface area contributed by atoms with Gasteiger partial charge in [0.05, 0.1) is 51.6 Å². The molecule has 398 valence electrons. The van der Waals surface area contributed by atoms with E-state index in [1.54, 1.807) is 0 Å². The molecule has 0 saturated carbocycles. The molecule has 6 rings (SSSR count). The van der Waals surface area contributed by atoms with Gasteiger partial charge in [0.25, 0.3) is 0 Å². The van der Waals surface area contributed by atoms with Crippen LogP contribution in [0.15, 0.2) is 97.1 Å². The molecule has 0 spiro atoms. The van der Waals surface area contributed by atoms with Gasteiger partial charge in [-0.15, -0.1) is 0 Å². The van der Waals surface area contributed by atoms with Gasteiger partial charge in [-0.05, 0) is 127 Å². The molecule has 16 heteroatoms. The number of carbonyl (C=O) groups excluding carboxylic acids is 4. The summed E-state index contributed by atoms with van der Waals surface area (Å²) in [5.74, 6) is -1.32. The van der Waals surface area contributed by atoms with Crippen LogP contribution in [0, 0.1) is 0 Å². The fourth-order valence-electron chi connectivity index (χ4n) is 9.46. The summed E-state index contributed by atoms with van der Waals surface area (Å²) in [6, 6.07) is 29.7. The Bertz CT molecular complexity index is 2590. The first-order valence-electron chi connectivity index (χ1n) is 27.3. The van der Waals surface area contributed by atoms with Crippen LogP contribution in [0.5, 0.6) is 0 Å². The number of hydrogen-bond acceptors (Lipinski definition) is 13. The summed E-state index contributed by atoms with van der Waals surface area (Å²) in [4.78, 5) is 62.4. The first kappa shape index (κ1) is 57.0. The minimum absolute atomic E-state index is 0.197. The summed E-state index contributed by atoms with van der Waals surface area (Å²) in [6.45, 7) is 3.64. The van der Waals surface area contributed by atoms with E-state index in [1.807, 2.05) is 72.8 Å². The Balaban J connectivity index is 0.821. The van der Waals surface area contributed by atoms with Crippen molar-refractivity contribution >= 4 is 78.6 Å². The second-order valence-corrected chi connectivity index (χ2v) is 19.5. The molecule has 4 atom stereocenters. The SMILES string of the molecule is NCCCC[C@H](NCCCCCCCCNC(=O)[C@H](CCCCN)NC(=O)[C@@H](N)CCCCNc1c2ccccc2nc2ccccc12)C(=O)NC(=O)[C@@H](N)CCCCNc1c2ccccc2nc2ccccc12. The summed E-state index contributed by atoms with van der Waals surface area (Å²) in [5, 5.41) is 23.4. The maximum atomic E-state index is 13.3. The van der Waals surface area contributed by atoms with Crippen molar-refractivity contribution in [3.05, 3.63) is 97.1 Å². The largest absolute Gasteiger partial charge is 0.384 e. The smallest absolute Gasteiger partial charge is 0.243 e. The molecule has 6 aromatic rings. The third-order valence-corrected chi connectivity index (χ3v) is 13.7. The van der Waals surface area contributed by atoms with Gasteiger partial charge < -0.3 is 49.5 Å². The molecule has 2 aromatic heterocycles. The number of amides is 4. The number of para-hydroxylation sites is 4. The third kappa shape index (κ3) is 17.7. The number of imide groups is 1. The zero-order valence-corrected chi connectivity index (χ0v) is 43.4. The number of carbonyl (C=O) groups is 4. The number of nitrogens with zero attached hydrogens (tertiary/aromatic N) is 2. The second-order valence-electron chi connectivity index (χ2n) is 19.5. The normalized spacial score (nSPS) is 13.1. The molecule has 14 N–H and O–H groups in total. The number of nitrogens with two attached hydrogens (primary N) is 4. The van der Waals surface area contributed by atoms with Crippen molar-refractivity contribution in [2.24, 2.45) is 22.9 Å². The van der Waals surface area contributed by atoms with E-state index in [0.29, 0.717) is 58.4 Å². The molecule has 0 radical (unpaired) electrons. The minimum atomic E-state index is -0.787. The lowest BCUT2D eigenvalue weighted by Gasteiger charge is -2.21. The third-order valence-electron chi connectivity index (χ3n) is 13.7. The van der Waals surface area contributed by atoms with Crippen LogP contribution >= 0.6 is 0 Å². The number of hydrogen-bond donors (Lipinski definition) is 10. The monoisotopic (exact) mass is 1010 g/mol. The molecule has 16 nitrogen and oxygen atoms in total. The Labute approximate surface area is 437 Å². The van der Waals surface area contributed by atoms with E-state index in [1.165, 1.54) is 0 Å². The van der Waals surface area contributed by atoms with E-state index in [0.717, 1.165) is 151 Å². The summed E-state index contributed by atoms with van der Waals surface area (Å²) < 4.78 is 0. The summed E-state index contributed by atoms with van der Waals surface area (Å²) in [5.41, 5.74) is 30.0. The Morgan fingerprint density at radius 2 is 0.797 bits per heavy atom. The van der Waals surface area contributed by atoms with Crippen LogP contribution in [-0.4, -0.2) is 97.0 Å². The lowest BCUT2D eigenvalue weighted by molar-refractivity contribution is -0.132. The van der Waals surface area contributed by atoms with Crippen LogP contribution in [0.3, 0.4) is 0 Å². The van der Waals surface area contributed by atoms with Crippen molar-refractivity contribution < 1.29 is 19.2 Å². The highest BCUT2D eigenvalue weighted by molar-refractivity contribution is 6.08. The highest BCUT2D eigenvalue weighted by atomic mass is 16.2. The van der Waals surface area contributed by atoms with E-state index < -0.39 is 30.1 Å².